The fourth-order valence-electron chi connectivity index (χ4n) is 2.19. The molecule has 3 nitrogen and oxygen atoms in total. The number of ether oxygens (including phenoxy) is 2. The van der Waals surface area contributed by atoms with E-state index < -0.39 is 0 Å². The first-order chi connectivity index (χ1) is 9.19. The van der Waals surface area contributed by atoms with Crippen LogP contribution in [0.1, 0.15) is 44.4 Å². The van der Waals surface area contributed by atoms with E-state index in [1.54, 1.807) is 0 Å². The predicted molar refractivity (Wildman–Crippen MR) is 79.3 cm³/mol. The predicted octanol–water partition coefficient (Wildman–Crippen LogP) is 3.43. The topological polar surface area (TPSA) is 30.5 Å². The van der Waals surface area contributed by atoms with E-state index in [0.29, 0.717) is 19.3 Å². The van der Waals surface area contributed by atoms with Gasteiger partial charge in [0.2, 0.25) is 0 Å². The molecular formula is C16H27NO2. The highest BCUT2D eigenvalue weighted by Crippen LogP contribution is 2.16. The van der Waals surface area contributed by atoms with E-state index in [1.165, 1.54) is 11.1 Å². The fourth-order valence-corrected chi connectivity index (χ4v) is 2.19. The highest BCUT2D eigenvalue weighted by Gasteiger charge is 2.10. The quantitative estimate of drug-likeness (QED) is 0.694. The lowest BCUT2D eigenvalue weighted by Crippen LogP contribution is -2.27. The lowest BCUT2D eigenvalue weighted by molar-refractivity contribution is -0.138. The molecule has 0 aliphatic heterocycles. The van der Waals surface area contributed by atoms with Crippen LogP contribution in [-0.2, 0) is 9.47 Å². The number of aryl methyl sites for hydroxylation is 1. The molecule has 1 N–H and O–H groups in total. The lowest BCUT2D eigenvalue weighted by Gasteiger charge is -2.20. The number of hydrogen-bond acceptors (Lipinski definition) is 3. The van der Waals surface area contributed by atoms with Gasteiger partial charge < -0.3 is 14.8 Å². The summed E-state index contributed by atoms with van der Waals surface area (Å²) in [5, 5.41) is 3.53. The van der Waals surface area contributed by atoms with Crippen molar-refractivity contribution in [3.63, 3.8) is 0 Å². The molecule has 0 aromatic heterocycles. The van der Waals surface area contributed by atoms with Crippen molar-refractivity contribution in [2.24, 2.45) is 0 Å². The monoisotopic (exact) mass is 265 g/mol. The fraction of sp³-hybridized carbons (Fsp3) is 0.625. The van der Waals surface area contributed by atoms with Crippen LogP contribution in [0.5, 0.6) is 0 Å². The Balaban J connectivity index is 2.37. The molecule has 0 saturated heterocycles. The summed E-state index contributed by atoms with van der Waals surface area (Å²) in [6.07, 6.45) is 0.782. The minimum atomic E-state index is -0.0911. The zero-order valence-corrected chi connectivity index (χ0v) is 12.6. The Labute approximate surface area is 117 Å². The number of nitrogens with one attached hydrogen (secondary N) is 1. The van der Waals surface area contributed by atoms with Crippen LogP contribution in [0.25, 0.3) is 0 Å². The SMILES string of the molecule is CCOC(CCNC(C)c1ccccc1C)OCC. The normalized spacial score (nSPS) is 12.9. The van der Waals surface area contributed by atoms with Crippen LogP contribution in [0.15, 0.2) is 24.3 Å². The zero-order valence-electron chi connectivity index (χ0n) is 12.6. The Hall–Kier alpha value is -0.900. The zero-order chi connectivity index (χ0) is 14.1. The Kier molecular flexibility index (Phi) is 7.72. The molecule has 19 heavy (non-hydrogen) atoms. The van der Waals surface area contributed by atoms with Gasteiger partial charge in [0.1, 0.15) is 0 Å². The van der Waals surface area contributed by atoms with Crippen molar-refractivity contribution in [1.29, 1.82) is 0 Å². The largest absolute Gasteiger partial charge is 0.353 e. The summed E-state index contributed by atoms with van der Waals surface area (Å²) in [5.41, 5.74) is 2.68. The van der Waals surface area contributed by atoms with Gasteiger partial charge in [0, 0.05) is 32.2 Å². The first-order valence-corrected chi connectivity index (χ1v) is 7.21. The molecule has 108 valence electrons. The van der Waals surface area contributed by atoms with Crippen LogP contribution >= 0.6 is 0 Å². The molecule has 1 unspecified atom stereocenters. The molecular weight excluding hydrogens is 238 g/mol. The van der Waals surface area contributed by atoms with Gasteiger partial charge in [-0.3, -0.25) is 0 Å². The number of hydrogen-bond donors (Lipinski definition) is 1. The van der Waals surface area contributed by atoms with Crippen LogP contribution in [-0.4, -0.2) is 26.0 Å². The van der Waals surface area contributed by atoms with Crippen LogP contribution in [0.4, 0.5) is 0 Å². The van der Waals surface area contributed by atoms with Gasteiger partial charge in [0.25, 0.3) is 0 Å². The molecule has 0 aliphatic rings. The average Bonchev–Trinajstić information content (AvgIpc) is 2.39. The van der Waals surface area contributed by atoms with E-state index in [4.69, 9.17) is 9.47 Å². The Morgan fingerprint density at radius 3 is 2.32 bits per heavy atom. The first-order valence-electron chi connectivity index (χ1n) is 7.21. The molecule has 1 atom stereocenters. The summed E-state index contributed by atoms with van der Waals surface area (Å²) < 4.78 is 11.1. The van der Waals surface area contributed by atoms with Gasteiger partial charge in [-0.2, -0.15) is 0 Å². The highest BCUT2D eigenvalue weighted by atomic mass is 16.7. The molecule has 0 amide bonds. The van der Waals surface area contributed by atoms with E-state index in [-0.39, 0.29) is 6.29 Å². The summed E-state index contributed by atoms with van der Waals surface area (Å²) in [5.74, 6) is 0. The van der Waals surface area contributed by atoms with Gasteiger partial charge in [0.05, 0.1) is 0 Å². The van der Waals surface area contributed by atoms with Crippen molar-refractivity contribution in [2.45, 2.75) is 46.4 Å². The van der Waals surface area contributed by atoms with Gasteiger partial charge in [-0.25, -0.2) is 0 Å². The maximum atomic E-state index is 5.53. The Morgan fingerprint density at radius 1 is 1.11 bits per heavy atom. The second-order valence-corrected chi connectivity index (χ2v) is 4.66. The number of benzene rings is 1. The third-order valence-corrected chi connectivity index (χ3v) is 3.19. The minimum Gasteiger partial charge on any atom is -0.353 e. The first kappa shape index (κ1) is 16.2. The molecule has 0 spiro atoms. The van der Waals surface area contributed by atoms with Crippen molar-refractivity contribution in [3.8, 4) is 0 Å². The summed E-state index contributed by atoms with van der Waals surface area (Å²) in [4.78, 5) is 0. The molecule has 0 bridgehead atoms. The molecule has 0 fully saturated rings. The van der Waals surface area contributed by atoms with Crippen molar-refractivity contribution >= 4 is 0 Å². The molecule has 1 aromatic rings. The third kappa shape index (κ3) is 5.72. The van der Waals surface area contributed by atoms with Crippen molar-refractivity contribution in [2.75, 3.05) is 19.8 Å². The molecule has 0 radical (unpaired) electrons. The lowest BCUT2D eigenvalue weighted by atomic mass is 10.0. The Bertz CT molecular complexity index is 348. The summed E-state index contributed by atoms with van der Waals surface area (Å²) >= 11 is 0. The second kappa shape index (κ2) is 9.08. The Morgan fingerprint density at radius 2 is 1.74 bits per heavy atom. The maximum absolute atomic E-state index is 5.53. The summed E-state index contributed by atoms with van der Waals surface area (Å²) in [6.45, 7) is 10.6. The van der Waals surface area contributed by atoms with E-state index >= 15 is 0 Å². The van der Waals surface area contributed by atoms with Crippen LogP contribution < -0.4 is 5.32 Å². The maximum Gasteiger partial charge on any atom is 0.158 e. The van der Waals surface area contributed by atoms with Gasteiger partial charge in [-0.15, -0.1) is 0 Å². The van der Waals surface area contributed by atoms with Crippen LogP contribution in [0.2, 0.25) is 0 Å². The van der Waals surface area contributed by atoms with Crippen LogP contribution in [0, 0.1) is 6.92 Å². The highest BCUT2D eigenvalue weighted by molar-refractivity contribution is 5.28. The summed E-state index contributed by atoms with van der Waals surface area (Å²) in [7, 11) is 0. The van der Waals surface area contributed by atoms with Crippen molar-refractivity contribution < 1.29 is 9.47 Å². The number of rotatable bonds is 9. The molecule has 0 heterocycles. The molecule has 3 heteroatoms. The van der Waals surface area contributed by atoms with E-state index in [9.17, 15) is 0 Å². The molecule has 0 aliphatic carbocycles. The van der Waals surface area contributed by atoms with E-state index in [0.717, 1.165) is 13.0 Å². The van der Waals surface area contributed by atoms with E-state index in [1.807, 2.05) is 13.8 Å². The second-order valence-electron chi connectivity index (χ2n) is 4.66. The molecule has 1 rings (SSSR count). The van der Waals surface area contributed by atoms with E-state index in [2.05, 4.69) is 43.4 Å². The average molecular weight is 265 g/mol. The van der Waals surface area contributed by atoms with Crippen LogP contribution in [0.3, 0.4) is 0 Å². The van der Waals surface area contributed by atoms with Crippen molar-refractivity contribution in [3.05, 3.63) is 35.4 Å². The van der Waals surface area contributed by atoms with Gasteiger partial charge in [-0.1, -0.05) is 24.3 Å². The van der Waals surface area contributed by atoms with Crippen molar-refractivity contribution in [1.82, 2.24) is 5.32 Å². The van der Waals surface area contributed by atoms with Gasteiger partial charge >= 0.3 is 0 Å². The third-order valence-electron chi connectivity index (χ3n) is 3.19. The summed E-state index contributed by atoms with van der Waals surface area (Å²) in [6, 6.07) is 8.84. The molecule has 0 saturated carbocycles. The standard InChI is InChI=1S/C16H27NO2/c1-5-18-16(19-6-2)11-12-17-14(4)15-10-8-7-9-13(15)3/h7-10,14,16-17H,5-6,11-12H2,1-4H3. The molecule has 1 aromatic carbocycles. The minimum absolute atomic E-state index is 0.0911. The van der Waals surface area contributed by atoms with Gasteiger partial charge in [0.15, 0.2) is 6.29 Å². The smallest absolute Gasteiger partial charge is 0.158 e. The van der Waals surface area contributed by atoms with Gasteiger partial charge in [-0.05, 0) is 38.8 Å².